The van der Waals surface area contributed by atoms with Gasteiger partial charge in [-0.3, -0.25) is 9.10 Å². The van der Waals surface area contributed by atoms with Crippen LogP contribution in [0.3, 0.4) is 0 Å². The lowest BCUT2D eigenvalue weighted by molar-refractivity contribution is -0.130. The Morgan fingerprint density at radius 1 is 1.04 bits per heavy atom. The van der Waals surface area contributed by atoms with Crippen LogP contribution in [0.1, 0.15) is 37.6 Å². The molecule has 0 fully saturated rings. The smallest absolute Gasteiger partial charge is 0.338 e. The maximum absolute atomic E-state index is 12.1. The molecule has 0 N–H and O–H groups in total. The molecule has 1 aromatic carbocycles. The second-order valence-electron chi connectivity index (χ2n) is 5.42. The standard InChI is InChI=1S/C17H26N2O5S/c1-5-18(6-2)16(20)12-13-19(25(4,22)23)15-10-8-14(9-11-15)17(21)24-7-3/h8-11H,5-7,12-13H2,1-4H3. The highest BCUT2D eigenvalue weighted by atomic mass is 32.2. The molecule has 0 aromatic heterocycles. The van der Waals surface area contributed by atoms with Crippen LogP contribution >= 0.6 is 0 Å². The fraction of sp³-hybridized carbons (Fsp3) is 0.529. The average Bonchev–Trinajstić information content (AvgIpc) is 2.55. The van der Waals surface area contributed by atoms with Crippen molar-refractivity contribution < 1.29 is 22.7 Å². The van der Waals surface area contributed by atoms with Gasteiger partial charge >= 0.3 is 5.97 Å². The minimum atomic E-state index is -3.55. The summed E-state index contributed by atoms with van der Waals surface area (Å²) in [6, 6.07) is 6.10. The van der Waals surface area contributed by atoms with E-state index < -0.39 is 16.0 Å². The van der Waals surface area contributed by atoms with Crippen LogP contribution in [0.15, 0.2) is 24.3 Å². The molecule has 8 heteroatoms. The van der Waals surface area contributed by atoms with Crippen LogP contribution in [0.4, 0.5) is 5.69 Å². The van der Waals surface area contributed by atoms with Crippen molar-refractivity contribution in [3.63, 3.8) is 0 Å². The van der Waals surface area contributed by atoms with Gasteiger partial charge in [-0.05, 0) is 45.0 Å². The van der Waals surface area contributed by atoms with Gasteiger partial charge in [0.15, 0.2) is 0 Å². The van der Waals surface area contributed by atoms with Gasteiger partial charge in [0.1, 0.15) is 0 Å². The number of benzene rings is 1. The van der Waals surface area contributed by atoms with Crippen molar-refractivity contribution in [2.45, 2.75) is 27.2 Å². The molecule has 0 aliphatic rings. The minimum absolute atomic E-state index is 0.0485. The van der Waals surface area contributed by atoms with Crippen molar-refractivity contribution in [2.24, 2.45) is 0 Å². The van der Waals surface area contributed by atoms with Crippen LogP contribution in [0, 0.1) is 0 Å². The first kappa shape index (κ1) is 21.0. The molecule has 140 valence electrons. The van der Waals surface area contributed by atoms with Gasteiger partial charge < -0.3 is 9.64 Å². The van der Waals surface area contributed by atoms with Crippen molar-refractivity contribution in [3.05, 3.63) is 29.8 Å². The number of ether oxygens (including phenoxy) is 1. The third kappa shape index (κ3) is 6.04. The minimum Gasteiger partial charge on any atom is -0.462 e. The molecule has 1 rings (SSSR count). The Balaban J connectivity index is 2.93. The molecule has 1 aromatic rings. The second-order valence-corrected chi connectivity index (χ2v) is 7.33. The Kier molecular flexibility index (Phi) is 7.89. The molecule has 0 spiro atoms. The normalized spacial score (nSPS) is 11.0. The molecule has 25 heavy (non-hydrogen) atoms. The first-order valence-corrected chi connectivity index (χ1v) is 10.1. The van der Waals surface area contributed by atoms with E-state index in [4.69, 9.17) is 4.74 Å². The molecular weight excluding hydrogens is 344 g/mol. The molecule has 1 amide bonds. The van der Waals surface area contributed by atoms with Crippen molar-refractivity contribution in [1.29, 1.82) is 0 Å². The Labute approximate surface area is 149 Å². The molecule has 7 nitrogen and oxygen atoms in total. The predicted octanol–water partition coefficient (Wildman–Crippen LogP) is 1.89. The fourth-order valence-corrected chi connectivity index (χ4v) is 3.32. The van der Waals surface area contributed by atoms with Crippen molar-refractivity contribution in [1.82, 2.24) is 4.90 Å². The Bertz CT molecular complexity index is 681. The number of amides is 1. The number of carbonyl (C=O) groups is 2. The van der Waals surface area contributed by atoms with Crippen LogP contribution in [0.2, 0.25) is 0 Å². The lowest BCUT2D eigenvalue weighted by Gasteiger charge is -2.24. The van der Waals surface area contributed by atoms with E-state index in [1.165, 1.54) is 28.6 Å². The highest BCUT2D eigenvalue weighted by molar-refractivity contribution is 7.92. The Hall–Kier alpha value is -2.09. The van der Waals surface area contributed by atoms with E-state index in [1.807, 2.05) is 13.8 Å². The third-order valence-electron chi connectivity index (χ3n) is 3.71. The topological polar surface area (TPSA) is 84.0 Å². The SMILES string of the molecule is CCOC(=O)c1ccc(N(CCC(=O)N(CC)CC)S(C)(=O)=O)cc1. The average molecular weight is 370 g/mol. The summed E-state index contributed by atoms with van der Waals surface area (Å²) < 4.78 is 30.2. The van der Waals surface area contributed by atoms with Gasteiger partial charge in [-0.15, -0.1) is 0 Å². The van der Waals surface area contributed by atoms with E-state index in [1.54, 1.807) is 11.8 Å². The molecule has 0 bridgehead atoms. The van der Waals surface area contributed by atoms with E-state index in [-0.39, 0.29) is 25.5 Å². The zero-order valence-electron chi connectivity index (χ0n) is 15.2. The van der Waals surface area contributed by atoms with Gasteiger partial charge in [-0.2, -0.15) is 0 Å². The van der Waals surface area contributed by atoms with Gasteiger partial charge in [-0.1, -0.05) is 0 Å². The van der Waals surface area contributed by atoms with Crippen molar-refractivity contribution in [3.8, 4) is 0 Å². The van der Waals surface area contributed by atoms with Crippen LogP contribution in [0.25, 0.3) is 0 Å². The number of esters is 1. The van der Waals surface area contributed by atoms with Crippen LogP contribution in [-0.2, 0) is 19.6 Å². The maximum atomic E-state index is 12.1. The summed E-state index contributed by atoms with van der Waals surface area (Å²) in [7, 11) is -3.55. The predicted molar refractivity (Wildman–Crippen MR) is 97.1 cm³/mol. The Morgan fingerprint density at radius 3 is 2.04 bits per heavy atom. The van der Waals surface area contributed by atoms with E-state index in [9.17, 15) is 18.0 Å². The van der Waals surface area contributed by atoms with E-state index in [0.717, 1.165) is 6.26 Å². The lowest BCUT2D eigenvalue weighted by atomic mass is 10.2. The molecule has 0 saturated carbocycles. The summed E-state index contributed by atoms with van der Waals surface area (Å²) in [5, 5.41) is 0. The van der Waals surface area contributed by atoms with Crippen LogP contribution in [0.5, 0.6) is 0 Å². The van der Waals surface area contributed by atoms with Crippen LogP contribution in [-0.4, -0.2) is 57.7 Å². The largest absolute Gasteiger partial charge is 0.462 e. The second kappa shape index (κ2) is 9.41. The highest BCUT2D eigenvalue weighted by Gasteiger charge is 2.20. The van der Waals surface area contributed by atoms with Gasteiger partial charge in [-0.25, -0.2) is 13.2 Å². The molecule has 0 atom stereocenters. The zero-order chi connectivity index (χ0) is 19.0. The number of anilines is 1. The summed E-state index contributed by atoms with van der Waals surface area (Å²) in [4.78, 5) is 25.5. The van der Waals surface area contributed by atoms with Crippen molar-refractivity contribution >= 4 is 27.6 Å². The molecule has 0 saturated heterocycles. The molecule has 0 heterocycles. The number of carbonyl (C=O) groups excluding carboxylic acids is 2. The first-order chi connectivity index (χ1) is 11.7. The highest BCUT2D eigenvalue weighted by Crippen LogP contribution is 2.19. The van der Waals surface area contributed by atoms with E-state index >= 15 is 0 Å². The summed E-state index contributed by atoms with van der Waals surface area (Å²) in [6.07, 6.45) is 1.18. The van der Waals surface area contributed by atoms with Crippen LogP contribution < -0.4 is 4.31 Å². The van der Waals surface area contributed by atoms with Crippen molar-refractivity contribution in [2.75, 3.05) is 36.8 Å². The number of hydrogen-bond acceptors (Lipinski definition) is 5. The quantitative estimate of drug-likeness (QED) is 0.620. The molecule has 0 radical (unpaired) electrons. The first-order valence-electron chi connectivity index (χ1n) is 8.27. The van der Waals surface area contributed by atoms with E-state index in [0.29, 0.717) is 24.3 Å². The zero-order valence-corrected chi connectivity index (χ0v) is 16.0. The number of hydrogen-bond donors (Lipinski definition) is 0. The van der Waals surface area contributed by atoms with Gasteiger partial charge in [0.05, 0.1) is 24.1 Å². The van der Waals surface area contributed by atoms with E-state index in [2.05, 4.69) is 0 Å². The summed E-state index contributed by atoms with van der Waals surface area (Å²) in [5.41, 5.74) is 0.751. The third-order valence-corrected chi connectivity index (χ3v) is 4.91. The molecular formula is C17H26N2O5S. The monoisotopic (exact) mass is 370 g/mol. The Morgan fingerprint density at radius 2 is 1.60 bits per heavy atom. The van der Waals surface area contributed by atoms with Gasteiger partial charge in [0, 0.05) is 26.1 Å². The molecule has 0 aliphatic carbocycles. The number of rotatable bonds is 9. The van der Waals surface area contributed by atoms with Gasteiger partial charge in [0.2, 0.25) is 15.9 Å². The lowest BCUT2D eigenvalue weighted by Crippen LogP contribution is -2.36. The fourth-order valence-electron chi connectivity index (χ4n) is 2.40. The number of sulfonamides is 1. The summed E-state index contributed by atoms with van der Waals surface area (Å²) in [5.74, 6) is -0.557. The summed E-state index contributed by atoms with van der Waals surface area (Å²) in [6.45, 7) is 6.96. The molecule has 0 aliphatic heterocycles. The molecule has 0 unspecified atom stereocenters. The number of nitrogens with zero attached hydrogens (tertiary/aromatic N) is 2. The summed E-state index contributed by atoms with van der Waals surface area (Å²) >= 11 is 0. The maximum Gasteiger partial charge on any atom is 0.338 e. The van der Waals surface area contributed by atoms with Gasteiger partial charge in [0.25, 0.3) is 0 Å².